The van der Waals surface area contributed by atoms with Gasteiger partial charge in [-0.05, 0) is 18.7 Å². The Hall–Kier alpha value is -0.620. The van der Waals surface area contributed by atoms with Crippen molar-refractivity contribution in [3.8, 4) is 0 Å². The van der Waals surface area contributed by atoms with E-state index in [-0.39, 0.29) is 12.2 Å². The van der Waals surface area contributed by atoms with Gasteiger partial charge in [0.15, 0.2) is 0 Å². The van der Waals surface area contributed by atoms with E-state index in [4.69, 9.17) is 4.74 Å². The van der Waals surface area contributed by atoms with E-state index in [1.807, 2.05) is 0 Å². The van der Waals surface area contributed by atoms with Gasteiger partial charge in [0, 0.05) is 5.92 Å². The summed E-state index contributed by atoms with van der Waals surface area (Å²) in [7, 11) is -3.55. The van der Waals surface area contributed by atoms with Gasteiger partial charge in [-0.2, -0.15) is 4.40 Å². The lowest BCUT2D eigenvalue weighted by molar-refractivity contribution is -0.223. The van der Waals surface area contributed by atoms with Crippen LogP contribution in [0, 0.1) is 5.92 Å². The van der Waals surface area contributed by atoms with E-state index in [0.29, 0.717) is 0 Å². The number of hydrogen-bond acceptors (Lipinski definition) is 4. The molecule has 0 saturated carbocycles. The predicted molar refractivity (Wildman–Crippen MR) is 41.5 cm³/mol. The molecule has 3 rings (SSSR count). The van der Waals surface area contributed by atoms with Gasteiger partial charge in [0.25, 0.3) is 10.0 Å². The molecule has 0 aliphatic carbocycles. The first-order valence-electron chi connectivity index (χ1n) is 4.26. The second kappa shape index (κ2) is 2.06. The first kappa shape index (κ1) is 7.75. The molecule has 0 N–H and O–H groups in total. The van der Waals surface area contributed by atoms with Crippen molar-refractivity contribution < 1.29 is 18.3 Å². The number of sulfonamides is 1. The van der Waals surface area contributed by atoms with E-state index in [1.165, 1.54) is 0 Å². The fourth-order valence-corrected chi connectivity index (χ4v) is 4.30. The Labute approximate surface area is 75.5 Å². The van der Waals surface area contributed by atoms with Crippen molar-refractivity contribution in [2.75, 3.05) is 0 Å². The summed E-state index contributed by atoms with van der Waals surface area (Å²) < 4.78 is 31.3. The highest BCUT2D eigenvalue weighted by Gasteiger charge is 2.57. The van der Waals surface area contributed by atoms with E-state index < -0.39 is 27.1 Å². The molecule has 3 aliphatic rings. The van der Waals surface area contributed by atoms with Crippen LogP contribution in [0.5, 0.6) is 0 Å². The van der Waals surface area contributed by atoms with Crippen LogP contribution < -0.4 is 5.11 Å². The lowest BCUT2D eigenvalue weighted by Crippen LogP contribution is -2.40. The first-order valence-corrected chi connectivity index (χ1v) is 5.76. The van der Waals surface area contributed by atoms with Gasteiger partial charge < -0.3 is 9.84 Å². The molecule has 2 fully saturated rings. The lowest BCUT2D eigenvalue weighted by atomic mass is 9.89. The largest absolute Gasteiger partial charge is 0.861 e. The van der Waals surface area contributed by atoms with E-state index >= 15 is 0 Å². The average molecular weight is 202 g/mol. The van der Waals surface area contributed by atoms with Crippen molar-refractivity contribution in [3.05, 3.63) is 0 Å². The van der Waals surface area contributed by atoms with Crippen molar-refractivity contribution in [3.63, 3.8) is 0 Å². The van der Waals surface area contributed by atoms with Crippen LogP contribution in [-0.2, 0) is 14.8 Å². The maximum Gasteiger partial charge on any atom is 0.258 e. The van der Waals surface area contributed by atoms with Crippen molar-refractivity contribution in [2.24, 2.45) is 10.3 Å². The quantitative estimate of drug-likeness (QED) is 0.485. The minimum Gasteiger partial charge on any atom is -0.861 e. The molecule has 0 radical (unpaired) electrons. The molecule has 2 saturated heterocycles. The molecular weight excluding hydrogens is 194 g/mol. The van der Waals surface area contributed by atoms with Crippen LogP contribution in [0.4, 0.5) is 0 Å². The summed E-state index contributed by atoms with van der Waals surface area (Å²) in [4.78, 5) is 0. The van der Waals surface area contributed by atoms with E-state index in [9.17, 15) is 13.5 Å². The zero-order valence-corrected chi connectivity index (χ0v) is 7.53. The molecule has 13 heavy (non-hydrogen) atoms. The summed E-state index contributed by atoms with van der Waals surface area (Å²) >= 11 is 0. The second-order valence-electron chi connectivity index (χ2n) is 3.73. The van der Waals surface area contributed by atoms with E-state index in [0.717, 1.165) is 12.8 Å². The number of fused-ring (bicyclic) bond motifs is 5. The predicted octanol–water partition coefficient (Wildman–Crippen LogP) is -1.37. The zero-order chi connectivity index (χ0) is 9.22. The number of ether oxygens (including phenoxy) is 1. The summed E-state index contributed by atoms with van der Waals surface area (Å²) in [5.74, 6) is -0.999. The second-order valence-corrected chi connectivity index (χ2v) is 5.48. The number of nitrogens with zero attached hydrogens (tertiary/aromatic N) is 1. The fourth-order valence-electron chi connectivity index (χ4n) is 2.56. The van der Waals surface area contributed by atoms with Gasteiger partial charge in [-0.3, -0.25) is 0 Å². The molecule has 5 nitrogen and oxygen atoms in total. The van der Waals surface area contributed by atoms with Gasteiger partial charge >= 0.3 is 0 Å². The highest BCUT2D eigenvalue weighted by Crippen LogP contribution is 2.45. The number of hydrogen-bond donors (Lipinski definition) is 0. The maximum absolute atomic E-state index is 11.4. The molecule has 0 spiro atoms. The summed E-state index contributed by atoms with van der Waals surface area (Å²) in [5, 5.41) is 10.6. The Morgan fingerprint density at radius 2 is 2.08 bits per heavy atom. The third kappa shape index (κ3) is 0.800. The van der Waals surface area contributed by atoms with Gasteiger partial charge in [-0.1, -0.05) is 0 Å². The molecule has 0 aromatic carbocycles. The van der Waals surface area contributed by atoms with Gasteiger partial charge in [0.1, 0.15) is 5.25 Å². The van der Waals surface area contributed by atoms with Crippen LogP contribution in [0.3, 0.4) is 0 Å². The Morgan fingerprint density at radius 3 is 2.77 bits per heavy atom. The molecule has 2 bridgehead atoms. The van der Waals surface area contributed by atoms with Crippen LogP contribution in [0.2, 0.25) is 0 Å². The van der Waals surface area contributed by atoms with Crippen LogP contribution in [0.15, 0.2) is 4.40 Å². The molecule has 3 heterocycles. The van der Waals surface area contributed by atoms with Crippen LogP contribution in [0.25, 0.3) is 0 Å². The maximum atomic E-state index is 11.4. The molecule has 0 aromatic heterocycles. The Balaban J connectivity index is 2.13. The summed E-state index contributed by atoms with van der Waals surface area (Å²) in [5.41, 5.74) is 0. The summed E-state index contributed by atoms with van der Waals surface area (Å²) in [6.45, 7) is 0. The standard InChI is InChI=1S/C7H9NO4S/c9-7-5-3-1-2-4(12-3)6(5)13(10,11)8-7/h3-6H,1-2H2,(H,8,9)/p-1. The topological polar surface area (TPSA) is 78.8 Å². The lowest BCUT2D eigenvalue weighted by Gasteiger charge is -2.22. The van der Waals surface area contributed by atoms with E-state index in [1.54, 1.807) is 0 Å². The van der Waals surface area contributed by atoms with Gasteiger partial charge in [-0.25, -0.2) is 8.42 Å². The minimum absolute atomic E-state index is 0.191. The normalized spacial score (nSPS) is 50.6. The molecular formula is C7H8NO4S-. The van der Waals surface area contributed by atoms with Crippen molar-refractivity contribution in [1.29, 1.82) is 0 Å². The van der Waals surface area contributed by atoms with Crippen molar-refractivity contribution in [2.45, 2.75) is 30.3 Å². The Kier molecular flexibility index (Phi) is 1.23. The Morgan fingerprint density at radius 1 is 1.38 bits per heavy atom. The van der Waals surface area contributed by atoms with Crippen LogP contribution >= 0.6 is 0 Å². The molecule has 6 heteroatoms. The summed E-state index contributed by atoms with van der Waals surface area (Å²) in [6, 6.07) is 0. The van der Waals surface area contributed by atoms with Crippen LogP contribution in [-0.4, -0.2) is 31.8 Å². The molecule has 4 atom stereocenters. The highest BCUT2D eigenvalue weighted by atomic mass is 32.2. The number of rotatable bonds is 0. The average Bonchev–Trinajstić information content (AvgIpc) is 2.63. The summed E-state index contributed by atoms with van der Waals surface area (Å²) in [6.07, 6.45) is 1.06. The van der Waals surface area contributed by atoms with E-state index in [2.05, 4.69) is 4.40 Å². The minimum atomic E-state index is -3.55. The van der Waals surface area contributed by atoms with Crippen molar-refractivity contribution >= 4 is 15.9 Å². The third-order valence-corrected chi connectivity index (χ3v) is 4.77. The molecule has 72 valence electrons. The first-order chi connectivity index (χ1) is 6.09. The smallest absolute Gasteiger partial charge is 0.258 e. The SMILES string of the molecule is O=S1(=O)N=C([O-])C2C3CCC(O3)C21. The monoisotopic (exact) mass is 202 g/mol. The molecule has 4 unspecified atom stereocenters. The van der Waals surface area contributed by atoms with Gasteiger partial charge in [-0.15, -0.1) is 0 Å². The highest BCUT2D eigenvalue weighted by molar-refractivity contribution is 7.91. The molecule has 0 amide bonds. The fraction of sp³-hybridized carbons (Fsp3) is 0.857. The third-order valence-electron chi connectivity index (χ3n) is 3.05. The zero-order valence-electron chi connectivity index (χ0n) is 6.71. The van der Waals surface area contributed by atoms with Crippen LogP contribution in [0.1, 0.15) is 12.8 Å². The molecule has 0 aromatic rings. The van der Waals surface area contributed by atoms with Gasteiger partial charge in [0.2, 0.25) is 0 Å². The molecule has 3 aliphatic heterocycles. The van der Waals surface area contributed by atoms with Gasteiger partial charge in [0.05, 0.1) is 12.2 Å². The Bertz CT molecular complexity index is 387. The van der Waals surface area contributed by atoms with Crippen molar-refractivity contribution in [1.82, 2.24) is 0 Å².